The molecule has 196 valence electrons. The lowest BCUT2D eigenvalue weighted by atomic mass is 10.1. The molecule has 0 aliphatic carbocycles. The van der Waals surface area contributed by atoms with Crippen LogP contribution in [0.3, 0.4) is 0 Å². The molecule has 11 heteroatoms. The molecule has 0 fully saturated rings. The van der Waals surface area contributed by atoms with E-state index in [0.29, 0.717) is 44.8 Å². The number of benzene rings is 2. The zero-order valence-electron chi connectivity index (χ0n) is 21.9. The van der Waals surface area contributed by atoms with Crippen LogP contribution in [0, 0.1) is 18.8 Å². The predicted molar refractivity (Wildman–Crippen MR) is 148 cm³/mol. The smallest absolute Gasteiger partial charge is 0.267 e. The van der Waals surface area contributed by atoms with Crippen molar-refractivity contribution in [2.24, 2.45) is 7.05 Å². The predicted octanol–water partition coefficient (Wildman–Crippen LogP) is 2.76. The van der Waals surface area contributed by atoms with Gasteiger partial charge >= 0.3 is 0 Å². The summed E-state index contributed by atoms with van der Waals surface area (Å²) < 4.78 is 4.55. The van der Waals surface area contributed by atoms with E-state index in [4.69, 9.17) is 4.98 Å². The van der Waals surface area contributed by atoms with Gasteiger partial charge < -0.3 is 5.32 Å². The van der Waals surface area contributed by atoms with Crippen molar-refractivity contribution < 1.29 is 4.79 Å². The number of aromatic nitrogens is 8. The third-order valence-electron chi connectivity index (χ3n) is 6.45. The first-order valence-electron chi connectivity index (χ1n) is 12.5. The van der Waals surface area contributed by atoms with Crippen molar-refractivity contribution in [3.8, 4) is 17.5 Å². The first-order valence-corrected chi connectivity index (χ1v) is 12.5. The number of aryl methyl sites for hydroxylation is 2. The summed E-state index contributed by atoms with van der Waals surface area (Å²) in [6.07, 6.45) is 6.36. The second-order valence-corrected chi connectivity index (χ2v) is 9.24. The van der Waals surface area contributed by atoms with E-state index in [1.54, 1.807) is 43.1 Å². The molecule has 0 aliphatic rings. The highest BCUT2D eigenvalue weighted by Crippen LogP contribution is 2.21. The Balaban J connectivity index is 1.48. The topological polar surface area (TPSA) is 125 Å². The highest BCUT2D eigenvalue weighted by Gasteiger charge is 2.24. The van der Waals surface area contributed by atoms with Crippen LogP contribution in [-0.2, 0) is 7.05 Å². The second-order valence-electron chi connectivity index (χ2n) is 9.24. The molecule has 0 spiro atoms. The molecular weight excluding hydrogens is 506 g/mol. The van der Waals surface area contributed by atoms with Crippen molar-refractivity contribution in [2.45, 2.75) is 19.9 Å². The molecule has 1 amide bonds. The minimum atomic E-state index is -0.645. The molecule has 6 aromatic rings. The van der Waals surface area contributed by atoms with Gasteiger partial charge in [-0.25, -0.2) is 9.97 Å². The fourth-order valence-corrected chi connectivity index (χ4v) is 4.63. The zero-order valence-corrected chi connectivity index (χ0v) is 21.9. The van der Waals surface area contributed by atoms with Crippen molar-refractivity contribution >= 4 is 22.3 Å². The van der Waals surface area contributed by atoms with E-state index in [-0.39, 0.29) is 11.5 Å². The second kappa shape index (κ2) is 9.92. The Labute approximate surface area is 228 Å². The highest BCUT2D eigenvalue weighted by molar-refractivity contribution is 6.01. The van der Waals surface area contributed by atoms with Crippen LogP contribution in [0.2, 0.25) is 0 Å². The van der Waals surface area contributed by atoms with Crippen LogP contribution < -0.4 is 10.9 Å². The van der Waals surface area contributed by atoms with Gasteiger partial charge in [0.2, 0.25) is 0 Å². The quantitative estimate of drug-likeness (QED) is 0.348. The Bertz CT molecular complexity index is 2030. The molecule has 0 aliphatic heterocycles. The molecule has 0 unspecified atom stereocenters. The van der Waals surface area contributed by atoms with E-state index in [9.17, 15) is 9.59 Å². The van der Waals surface area contributed by atoms with Crippen LogP contribution in [0.25, 0.3) is 22.1 Å². The summed E-state index contributed by atoms with van der Waals surface area (Å²) in [6.45, 7) is 3.52. The average molecular weight is 530 g/mol. The molecule has 4 heterocycles. The molecule has 1 atom stereocenters. The molecule has 4 aromatic heterocycles. The van der Waals surface area contributed by atoms with Gasteiger partial charge in [-0.1, -0.05) is 36.1 Å². The lowest BCUT2D eigenvalue weighted by Crippen LogP contribution is -2.33. The molecular formula is C29H23N9O2. The lowest BCUT2D eigenvalue weighted by molar-refractivity contribution is 0.0939. The number of hydrogen-bond acceptors (Lipinski definition) is 7. The molecule has 0 saturated carbocycles. The minimum absolute atomic E-state index is 0.288. The Morgan fingerprint density at radius 2 is 1.85 bits per heavy atom. The van der Waals surface area contributed by atoms with Gasteiger partial charge in [0.05, 0.1) is 51.8 Å². The molecule has 11 nitrogen and oxygen atoms in total. The fraction of sp³-hybridized carbons (Fsp3) is 0.138. The maximum atomic E-state index is 14.1. The molecule has 0 saturated heterocycles. The monoisotopic (exact) mass is 529 g/mol. The number of carbonyl (C=O) groups is 1. The van der Waals surface area contributed by atoms with Gasteiger partial charge in [0, 0.05) is 18.8 Å². The van der Waals surface area contributed by atoms with Crippen molar-refractivity contribution in [3.05, 3.63) is 112 Å². The van der Waals surface area contributed by atoms with Crippen LogP contribution in [0.1, 0.15) is 46.0 Å². The normalized spacial score (nSPS) is 11.8. The summed E-state index contributed by atoms with van der Waals surface area (Å²) in [6, 6.07) is 13.9. The van der Waals surface area contributed by atoms with Gasteiger partial charge in [0.25, 0.3) is 11.5 Å². The third kappa shape index (κ3) is 4.37. The Hall–Kier alpha value is -5.63. The Morgan fingerprint density at radius 3 is 2.62 bits per heavy atom. The van der Waals surface area contributed by atoms with Crippen LogP contribution in [0.15, 0.2) is 78.2 Å². The molecule has 40 heavy (non-hydrogen) atoms. The van der Waals surface area contributed by atoms with Gasteiger partial charge in [-0.3, -0.25) is 18.8 Å². The van der Waals surface area contributed by atoms with Crippen LogP contribution in [0.4, 0.5) is 0 Å². The molecule has 6 rings (SSSR count). The van der Waals surface area contributed by atoms with Crippen molar-refractivity contribution in [1.82, 2.24) is 44.5 Å². The fourth-order valence-electron chi connectivity index (χ4n) is 4.63. The van der Waals surface area contributed by atoms with Gasteiger partial charge in [0.15, 0.2) is 0 Å². The average Bonchev–Trinajstić information content (AvgIpc) is 3.53. The Morgan fingerprint density at radius 1 is 1.02 bits per heavy atom. The summed E-state index contributed by atoms with van der Waals surface area (Å²) in [7, 11) is 1.82. The van der Waals surface area contributed by atoms with Crippen LogP contribution in [0.5, 0.6) is 0 Å². The standard InChI is InChI=1S/C29H23N9O2/c1-18-25(24-15-30-17-32-38(24)35-18)28(39)33-19(2)27-34-23-11-7-8-21(13-12-20-14-31-36(3)16-20)26(23)29(40)37(27)22-9-5-4-6-10-22/h4-11,14-17,19H,1-3H3,(H,33,39)/t19-/m0/s1. The zero-order chi connectivity index (χ0) is 27.8. The van der Waals surface area contributed by atoms with E-state index in [1.807, 2.05) is 43.4 Å². The number of nitrogens with one attached hydrogen (secondary N) is 1. The minimum Gasteiger partial charge on any atom is -0.342 e. The summed E-state index contributed by atoms with van der Waals surface area (Å²) in [5.74, 6) is 6.19. The molecule has 1 N–H and O–H groups in total. The number of fused-ring (bicyclic) bond motifs is 2. The number of rotatable bonds is 4. The molecule has 0 bridgehead atoms. The van der Waals surface area contributed by atoms with Gasteiger partial charge in [-0.15, -0.1) is 9.73 Å². The van der Waals surface area contributed by atoms with Crippen molar-refractivity contribution in [1.29, 1.82) is 0 Å². The van der Waals surface area contributed by atoms with Gasteiger partial charge in [-0.05, 0) is 38.1 Å². The Kier molecular flexibility index (Phi) is 6.12. The summed E-state index contributed by atoms with van der Waals surface area (Å²) in [5, 5.41) is 15.9. The van der Waals surface area contributed by atoms with E-state index in [1.165, 1.54) is 21.7 Å². The van der Waals surface area contributed by atoms with Crippen LogP contribution >= 0.6 is 0 Å². The SMILES string of the molecule is Cc1nn2ncncc2c1C(=O)N[C@@H](C)c1nc2cccc(C#Cc3cnn(C)c3)c2c(=O)n1-c1ccccc1. The number of carbonyl (C=O) groups excluding carboxylic acids is 1. The maximum absolute atomic E-state index is 14.1. The summed E-state index contributed by atoms with van der Waals surface area (Å²) >= 11 is 0. The van der Waals surface area contributed by atoms with Crippen molar-refractivity contribution in [3.63, 3.8) is 0 Å². The van der Waals surface area contributed by atoms with Gasteiger partial charge in [-0.2, -0.15) is 10.2 Å². The highest BCUT2D eigenvalue weighted by atomic mass is 16.2. The van der Waals surface area contributed by atoms with Crippen molar-refractivity contribution in [2.75, 3.05) is 0 Å². The summed E-state index contributed by atoms with van der Waals surface area (Å²) in [4.78, 5) is 36.5. The van der Waals surface area contributed by atoms with E-state index < -0.39 is 6.04 Å². The first-order chi connectivity index (χ1) is 19.4. The number of para-hydroxylation sites is 1. The van der Waals surface area contributed by atoms with E-state index in [2.05, 4.69) is 37.4 Å². The van der Waals surface area contributed by atoms with E-state index >= 15 is 0 Å². The first kappa shape index (κ1) is 24.7. The lowest BCUT2D eigenvalue weighted by Gasteiger charge is -2.20. The van der Waals surface area contributed by atoms with Gasteiger partial charge in [0.1, 0.15) is 17.7 Å². The third-order valence-corrected chi connectivity index (χ3v) is 6.45. The number of nitrogens with zero attached hydrogens (tertiary/aromatic N) is 8. The van der Waals surface area contributed by atoms with Crippen LogP contribution in [-0.4, -0.2) is 45.1 Å². The molecule has 2 aromatic carbocycles. The maximum Gasteiger partial charge on any atom is 0.267 e. The number of hydrogen-bond donors (Lipinski definition) is 1. The summed E-state index contributed by atoms with van der Waals surface area (Å²) in [5.41, 5.74) is 3.44. The van der Waals surface area contributed by atoms with E-state index in [0.717, 1.165) is 5.56 Å². The molecule has 0 radical (unpaired) electrons. The largest absolute Gasteiger partial charge is 0.342 e. The number of amides is 1.